The van der Waals surface area contributed by atoms with Crippen LogP contribution in [0.15, 0.2) is 29.2 Å². The molecule has 0 fully saturated rings. The van der Waals surface area contributed by atoms with Crippen LogP contribution < -0.4 is 0 Å². The fraction of sp³-hybridized carbons (Fsp3) is 0.300. The van der Waals surface area contributed by atoms with Crippen molar-refractivity contribution in [2.45, 2.75) is 11.1 Å². The van der Waals surface area contributed by atoms with Gasteiger partial charge in [-0.15, -0.1) is 11.8 Å². The van der Waals surface area contributed by atoms with E-state index >= 15 is 0 Å². The number of thioether (sulfide) groups is 1. The van der Waals surface area contributed by atoms with Crippen molar-refractivity contribution in [3.05, 3.63) is 24.3 Å². The molecule has 3 nitrogen and oxygen atoms in total. The summed E-state index contributed by atoms with van der Waals surface area (Å²) in [5.41, 5.74) is 0. The smallest absolute Gasteiger partial charge is 0.403 e. The van der Waals surface area contributed by atoms with Gasteiger partial charge in [0, 0.05) is 10.6 Å². The zero-order valence-corrected chi connectivity index (χ0v) is 9.26. The molecule has 1 aromatic carbocycles. The van der Waals surface area contributed by atoms with Gasteiger partial charge in [0.05, 0.1) is 0 Å². The molecule has 0 radical (unpaired) electrons. The molecule has 1 rings (SSSR count). The summed E-state index contributed by atoms with van der Waals surface area (Å²) in [4.78, 5) is 10.9. The molecule has 0 saturated heterocycles. The molecule has 0 amide bonds. The topological polar surface area (TPSA) is 57.5 Å². The second-order valence-corrected chi connectivity index (χ2v) is 4.33. The Labute approximate surface area is 99.3 Å². The first-order valence-corrected chi connectivity index (χ1v) is 5.50. The van der Waals surface area contributed by atoms with Gasteiger partial charge >= 0.3 is 12.1 Å². The van der Waals surface area contributed by atoms with Crippen LogP contribution in [0.3, 0.4) is 0 Å². The van der Waals surface area contributed by atoms with Gasteiger partial charge in [-0.25, -0.2) is 0 Å². The Morgan fingerprint density at radius 1 is 1.29 bits per heavy atom. The van der Waals surface area contributed by atoms with Crippen molar-refractivity contribution in [1.82, 2.24) is 0 Å². The number of benzene rings is 1. The van der Waals surface area contributed by atoms with E-state index in [-0.39, 0.29) is 5.75 Å². The van der Waals surface area contributed by atoms with Crippen molar-refractivity contribution in [1.29, 1.82) is 0 Å². The van der Waals surface area contributed by atoms with Crippen LogP contribution in [0.2, 0.25) is 0 Å². The molecule has 2 N–H and O–H groups in total. The zero-order chi connectivity index (χ0) is 13.1. The lowest BCUT2D eigenvalue weighted by Gasteiger charge is -2.15. The number of hydrogen-bond donors (Lipinski definition) is 2. The van der Waals surface area contributed by atoms with Crippen molar-refractivity contribution < 1.29 is 28.2 Å². The Hall–Kier alpha value is -1.37. The summed E-state index contributed by atoms with van der Waals surface area (Å²) in [6, 6.07) is 5.50. The van der Waals surface area contributed by atoms with Gasteiger partial charge in [-0.1, -0.05) is 0 Å². The molecular formula is C10H9F3O3S. The van der Waals surface area contributed by atoms with Crippen LogP contribution in [-0.4, -0.2) is 28.1 Å². The van der Waals surface area contributed by atoms with Gasteiger partial charge in [0.2, 0.25) is 0 Å². The van der Waals surface area contributed by atoms with E-state index in [4.69, 9.17) is 10.2 Å². The number of phenolic OH excluding ortho intramolecular Hbond substituents is 1. The summed E-state index contributed by atoms with van der Waals surface area (Å²) in [6.07, 6.45) is -4.75. The first kappa shape index (κ1) is 13.7. The van der Waals surface area contributed by atoms with E-state index in [1.165, 1.54) is 24.3 Å². The average molecular weight is 266 g/mol. The highest BCUT2D eigenvalue weighted by molar-refractivity contribution is 7.99. The Bertz CT molecular complexity index is 389. The third kappa shape index (κ3) is 4.18. The number of carboxylic acid groups (broad SMARTS) is 1. The highest BCUT2D eigenvalue weighted by Crippen LogP contribution is 2.32. The number of aromatic hydroxyl groups is 1. The van der Waals surface area contributed by atoms with Crippen LogP contribution in [0, 0.1) is 5.92 Å². The quantitative estimate of drug-likeness (QED) is 0.823. The first-order valence-electron chi connectivity index (χ1n) is 4.52. The zero-order valence-electron chi connectivity index (χ0n) is 8.44. The molecule has 1 unspecified atom stereocenters. The predicted molar refractivity (Wildman–Crippen MR) is 56.0 cm³/mol. The van der Waals surface area contributed by atoms with E-state index in [0.29, 0.717) is 4.90 Å². The molecule has 17 heavy (non-hydrogen) atoms. The SMILES string of the molecule is O=C(O)C(CSc1ccc(O)cc1)C(F)(F)F. The maximum absolute atomic E-state index is 12.3. The lowest BCUT2D eigenvalue weighted by atomic mass is 10.2. The molecule has 1 aromatic rings. The summed E-state index contributed by atoms with van der Waals surface area (Å²) in [5.74, 6) is -4.87. The second kappa shape index (κ2) is 5.31. The Balaban J connectivity index is 2.65. The lowest BCUT2D eigenvalue weighted by Crippen LogP contribution is -2.32. The minimum absolute atomic E-state index is 0.0000408. The monoisotopic (exact) mass is 266 g/mol. The van der Waals surface area contributed by atoms with Gasteiger partial charge in [-0.05, 0) is 24.3 Å². The summed E-state index contributed by atoms with van der Waals surface area (Å²) in [5, 5.41) is 17.4. The van der Waals surface area contributed by atoms with Crippen LogP contribution in [0.4, 0.5) is 13.2 Å². The van der Waals surface area contributed by atoms with Crippen molar-refractivity contribution in [3.8, 4) is 5.75 Å². The van der Waals surface area contributed by atoms with Crippen LogP contribution in [0.1, 0.15) is 0 Å². The maximum Gasteiger partial charge on any atom is 0.403 e. The van der Waals surface area contributed by atoms with Crippen molar-refractivity contribution >= 4 is 17.7 Å². The third-order valence-corrected chi connectivity index (χ3v) is 3.05. The molecule has 7 heteroatoms. The van der Waals surface area contributed by atoms with E-state index < -0.39 is 23.8 Å². The fourth-order valence-corrected chi connectivity index (χ4v) is 2.05. The number of halogens is 3. The summed E-state index contributed by atoms with van der Waals surface area (Å²) < 4.78 is 36.9. The van der Waals surface area contributed by atoms with Crippen molar-refractivity contribution in [3.63, 3.8) is 0 Å². The Kier molecular flexibility index (Phi) is 4.28. The molecule has 0 heterocycles. The van der Waals surface area contributed by atoms with Crippen LogP contribution in [0.25, 0.3) is 0 Å². The van der Waals surface area contributed by atoms with Crippen LogP contribution in [-0.2, 0) is 4.79 Å². The van der Waals surface area contributed by atoms with Crippen molar-refractivity contribution in [2.24, 2.45) is 5.92 Å². The molecule has 0 aromatic heterocycles. The summed E-state index contributed by atoms with van der Waals surface area (Å²) in [6.45, 7) is 0. The van der Waals surface area contributed by atoms with Gasteiger partial charge in [0.1, 0.15) is 5.75 Å². The predicted octanol–water partition coefficient (Wildman–Crippen LogP) is 2.75. The van der Waals surface area contributed by atoms with E-state index in [2.05, 4.69) is 0 Å². The van der Waals surface area contributed by atoms with Crippen LogP contribution >= 0.6 is 11.8 Å². The highest BCUT2D eigenvalue weighted by Gasteiger charge is 2.44. The minimum atomic E-state index is -4.75. The summed E-state index contributed by atoms with van der Waals surface area (Å²) >= 11 is 0.780. The first-order chi connectivity index (χ1) is 7.80. The standard InChI is InChI=1S/C10H9F3O3S/c11-10(12,13)8(9(15)16)5-17-7-3-1-6(14)2-4-7/h1-4,8,14H,5H2,(H,15,16). The third-order valence-electron chi connectivity index (χ3n) is 1.95. The average Bonchev–Trinajstić information content (AvgIpc) is 2.18. The number of hydrogen-bond acceptors (Lipinski definition) is 3. The van der Waals surface area contributed by atoms with Gasteiger partial charge < -0.3 is 10.2 Å². The number of aliphatic carboxylic acids is 1. The van der Waals surface area contributed by atoms with E-state index in [9.17, 15) is 18.0 Å². The van der Waals surface area contributed by atoms with E-state index in [1.807, 2.05) is 0 Å². The molecule has 0 aliphatic heterocycles. The van der Waals surface area contributed by atoms with Gasteiger partial charge in [0.25, 0.3) is 0 Å². The Morgan fingerprint density at radius 2 is 1.82 bits per heavy atom. The molecule has 1 atom stereocenters. The normalized spacial score (nSPS) is 13.4. The number of phenols is 1. The minimum Gasteiger partial charge on any atom is -0.508 e. The molecule has 0 bridgehead atoms. The van der Waals surface area contributed by atoms with E-state index in [1.54, 1.807) is 0 Å². The Morgan fingerprint density at radius 3 is 2.24 bits per heavy atom. The molecule has 0 spiro atoms. The fourth-order valence-electron chi connectivity index (χ4n) is 1.03. The number of carboxylic acids is 1. The van der Waals surface area contributed by atoms with Gasteiger partial charge in [-0.3, -0.25) is 4.79 Å². The molecule has 0 aliphatic rings. The number of carbonyl (C=O) groups is 1. The maximum atomic E-state index is 12.3. The van der Waals surface area contributed by atoms with Gasteiger partial charge in [-0.2, -0.15) is 13.2 Å². The van der Waals surface area contributed by atoms with Gasteiger partial charge in [0.15, 0.2) is 5.92 Å². The highest BCUT2D eigenvalue weighted by atomic mass is 32.2. The van der Waals surface area contributed by atoms with E-state index in [0.717, 1.165) is 11.8 Å². The number of alkyl halides is 3. The molecule has 0 saturated carbocycles. The molecular weight excluding hydrogens is 257 g/mol. The molecule has 94 valence electrons. The second-order valence-electron chi connectivity index (χ2n) is 3.24. The largest absolute Gasteiger partial charge is 0.508 e. The number of rotatable bonds is 4. The summed E-state index contributed by atoms with van der Waals surface area (Å²) in [7, 11) is 0. The van der Waals surface area contributed by atoms with Crippen molar-refractivity contribution in [2.75, 3.05) is 5.75 Å². The lowest BCUT2D eigenvalue weighted by molar-refractivity contribution is -0.188. The molecule has 0 aliphatic carbocycles. The van der Waals surface area contributed by atoms with Crippen LogP contribution in [0.5, 0.6) is 5.75 Å².